The van der Waals surface area contributed by atoms with Crippen molar-refractivity contribution in [1.82, 2.24) is 0 Å². The Balaban J connectivity index is 3.80. The molecule has 0 N–H and O–H groups in total. The molecule has 0 bridgehead atoms. The first kappa shape index (κ1) is 12.0. The Morgan fingerprint density at radius 1 is 1.08 bits per heavy atom. The van der Waals surface area contributed by atoms with Crippen LogP contribution in [0.2, 0.25) is 5.82 Å². The molecule has 0 aliphatic rings. The molecular weight excluding hydrogens is 147 g/mol. The maximum absolute atomic E-state index is 5.72. The number of ether oxygens (including phenoxy) is 1. The normalized spacial score (nSPS) is 16.2. The van der Waals surface area contributed by atoms with Crippen LogP contribution in [-0.4, -0.2) is 20.1 Å². The van der Waals surface area contributed by atoms with Gasteiger partial charge < -0.3 is 4.74 Å². The van der Waals surface area contributed by atoms with E-state index in [1.807, 2.05) is 0 Å². The van der Waals surface area contributed by atoms with Gasteiger partial charge in [-0.05, 0) is 32.0 Å². The molecule has 0 saturated heterocycles. The molecule has 0 amide bonds. The molecule has 0 aromatic rings. The molecule has 12 heavy (non-hydrogen) atoms. The summed E-state index contributed by atoms with van der Waals surface area (Å²) in [6.07, 6.45) is 0. The lowest BCUT2D eigenvalue weighted by Gasteiger charge is -2.30. The second-order valence-electron chi connectivity index (χ2n) is 5.69. The highest BCUT2D eigenvalue weighted by molar-refractivity contribution is 6.12. The van der Waals surface area contributed by atoms with Crippen LogP contribution < -0.4 is 0 Å². The molecule has 0 aliphatic heterocycles. The third-order valence-electron chi connectivity index (χ3n) is 2.24. The van der Waals surface area contributed by atoms with Crippen LogP contribution in [0, 0.1) is 5.41 Å². The predicted octanol–water partition coefficient (Wildman–Crippen LogP) is 2.27. The average Bonchev–Trinajstić information content (AvgIpc) is 1.78. The van der Waals surface area contributed by atoms with E-state index in [-0.39, 0.29) is 5.60 Å². The van der Waals surface area contributed by atoms with Gasteiger partial charge in [0.15, 0.2) is 0 Å². The zero-order valence-corrected chi connectivity index (χ0v) is 9.69. The third-order valence-corrected chi connectivity index (χ3v) is 2.24. The molecule has 0 aromatic carbocycles. The molecule has 1 atom stereocenters. The summed E-state index contributed by atoms with van der Waals surface area (Å²) in [4.78, 5) is 0. The fourth-order valence-electron chi connectivity index (χ4n) is 0.625. The van der Waals surface area contributed by atoms with Crippen molar-refractivity contribution in [2.24, 2.45) is 5.41 Å². The Labute approximate surface area is 78.3 Å². The zero-order valence-electron chi connectivity index (χ0n) is 9.69. The SMILES string of the molecule is BC(COC(C)(C)C)C(C)(C)C. The fraction of sp³-hybridized carbons (Fsp3) is 1.00. The van der Waals surface area contributed by atoms with Gasteiger partial charge in [0.05, 0.1) is 5.60 Å². The standard InChI is InChI=1S/C10H23BO/c1-9(2,3)8(11)7-12-10(4,5)6/h8H,7,11H2,1-6H3. The van der Waals surface area contributed by atoms with Crippen LogP contribution in [0.25, 0.3) is 0 Å². The van der Waals surface area contributed by atoms with Crippen molar-refractivity contribution in [2.75, 3.05) is 6.61 Å². The number of hydrogen-bond acceptors (Lipinski definition) is 1. The number of rotatable bonds is 2. The van der Waals surface area contributed by atoms with E-state index in [2.05, 4.69) is 49.4 Å². The number of hydrogen-bond donors (Lipinski definition) is 0. The van der Waals surface area contributed by atoms with Crippen molar-refractivity contribution in [3.63, 3.8) is 0 Å². The van der Waals surface area contributed by atoms with Gasteiger partial charge in [0.1, 0.15) is 7.85 Å². The lowest BCUT2D eigenvalue weighted by molar-refractivity contribution is -0.0133. The van der Waals surface area contributed by atoms with E-state index in [9.17, 15) is 0 Å². The molecular formula is C10H23BO. The van der Waals surface area contributed by atoms with Gasteiger partial charge in [0.25, 0.3) is 0 Å². The molecule has 1 nitrogen and oxygen atoms in total. The van der Waals surface area contributed by atoms with Crippen LogP contribution in [0.5, 0.6) is 0 Å². The van der Waals surface area contributed by atoms with E-state index in [0.29, 0.717) is 11.2 Å². The lowest BCUT2D eigenvalue weighted by Crippen LogP contribution is -2.26. The summed E-state index contributed by atoms with van der Waals surface area (Å²) in [5, 5.41) is 0. The Morgan fingerprint density at radius 3 is 1.75 bits per heavy atom. The molecule has 72 valence electrons. The van der Waals surface area contributed by atoms with E-state index in [1.54, 1.807) is 0 Å². The summed E-state index contributed by atoms with van der Waals surface area (Å²) in [5.41, 5.74) is 0.352. The molecule has 0 fully saturated rings. The summed E-state index contributed by atoms with van der Waals surface area (Å²) in [5.74, 6) is 0.608. The second-order valence-corrected chi connectivity index (χ2v) is 5.69. The van der Waals surface area contributed by atoms with Crippen LogP contribution in [0.4, 0.5) is 0 Å². The van der Waals surface area contributed by atoms with Crippen LogP contribution in [0.15, 0.2) is 0 Å². The Hall–Kier alpha value is 0.0249. The molecule has 1 unspecified atom stereocenters. The molecule has 0 aliphatic carbocycles. The van der Waals surface area contributed by atoms with Crippen molar-refractivity contribution >= 4 is 7.85 Å². The molecule has 0 saturated carbocycles. The first-order valence-corrected chi connectivity index (χ1v) is 4.77. The summed E-state index contributed by atoms with van der Waals surface area (Å²) in [6.45, 7) is 13.9. The maximum Gasteiger partial charge on any atom is 0.109 e. The molecule has 0 spiro atoms. The second kappa shape index (κ2) is 3.82. The largest absolute Gasteiger partial charge is 0.376 e. The van der Waals surface area contributed by atoms with Gasteiger partial charge in [-0.3, -0.25) is 0 Å². The molecule has 0 heterocycles. The zero-order chi connectivity index (χ0) is 9.99. The van der Waals surface area contributed by atoms with Crippen molar-refractivity contribution < 1.29 is 4.74 Å². The van der Waals surface area contributed by atoms with Crippen LogP contribution in [0.1, 0.15) is 41.5 Å². The van der Waals surface area contributed by atoms with Gasteiger partial charge in [0, 0.05) is 6.61 Å². The van der Waals surface area contributed by atoms with Crippen molar-refractivity contribution in [1.29, 1.82) is 0 Å². The van der Waals surface area contributed by atoms with Crippen LogP contribution in [-0.2, 0) is 4.74 Å². The minimum absolute atomic E-state index is 0.000486. The van der Waals surface area contributed by atoms with Crippen molar-refractivity contribution in [3.8, 4) is 0 Å². The average molecular weight is 170 g/mol. The summed E-state index contributed by atoms with van der Waals surface area (Å²) in [6, 6.07) is 0. The fourth-order valence-corrected chi connectivity index (χ4v) is 0.625. The van der Waals surface area contributed by atoms with Gasteiger partial charge in [-0.2, -0.15) is 0 Å². The topological polar surface area (TPSA) is 9.23 Å². The Morgan fingerprint density at radius 2 is 1.50 bits per heavy atom. The first-order valence-electron chi connectivity index (χ1n) is 4.77. The predicted molar refractivity (Wildman–Crippen MR) is 57.5 cm³/mol. The molecule has 0 radical (unpaired) electrons. The Kier molecular flexibility index (Phi) is 3.83. The van der Waals surface area contributed by atoms with Crippen molar-refractivity contribution in [3.05, 3.63) is 0 Å². The van der Waals surface area contributed by atoms with Gasteiger partial charge in [-0.25, -0.2) is 0 Å². The van der Waals surface area contributed by atoms with E-state index in [4.69, 9.17) is 4.74 Å². The summed E-state index contributed by atoms with van der Waals surface area (Å²) in [7, 11) is 2.24. The lowest BCUT2D eigenvalue weighted by atomic mass is 9.69. The maximum atomic E-state index is 5.72. The summed E-state index contributed by atoms with van der Waals surface area (Å²) < 4.78 is 5.72. The van der Waals surface area contributed by atoms with Gasteiger partial charge in [-0.15, -0.1) is 0 Å². The third kappa shape index (κ3) is 5.65. The highest BCUT2D eigenvalue weighted by Crippen LogP contribution is 2.29. The quantitative estimate of drug-likeness (QED) is 0.577. The molecule has 0 rings (SSSR count). The van der Waals surface area contributed by atoms with Crippen LogP contribution >= 0.6 is 0 Å². The van der Waals surface area contributed by atoms with Crippen molar-refractivity contribution in [2.45, 2.75) is 53.0 Å². The van der Waals surface area contributed by atoms with E-state index >= 15 is 0 Å². The van der Waals surface area contributed by atoms with E-state index < -0.39 is 0 Å². The first-order chi connectivity index (χ1) is 5.13. The highest BCUT2D eigenvalue weighted by atomic mass is 16.5. The van der Waals surface area contributed by atoms with E-state index in [1.165, 1.54) is 0 Å². The van der Waals surface area contributed by atoms with Gasteiger partial charge >= 0.3 is 0 Å². The minimum Gasteiger partial charge on any atom is -0.376 e. The van der Waals surface area contributed by atoms with E-state index in [0.717, 1.165) is 6.61 Å². The van der Waals surface area contributed by atoms with Gasteiger partial charge in [-0.1, -0.05) is 20.8 Å². The van der Waals surface area contributed by atoms with Crippen LogP contribution in [0.3, 0.4) is 0 Å². The smallest absolute Gasteiger partial charge is 0.109 e. The monoisotopic (exact) mass is 170 g/mol. The Bertz CT molecular complexity index is 130. The highest BCUT2D eigenvalue weighted by Gasteiger charge is 2.22. The molecule has 0 aromatic heterocycles. The minimum atomic E-state index is -0.000486. The van der Waals surface area contributed by atoms with Gasteiger partial charge in [0.2, 0.25) is 0 Å². The summed E-state index contributed by atoms with van der Waals surface area (Å²) >= 11 is 0. The molecule has 2 heteroatoms.